The van der Waals surface area contributed by atoms with Gasteiger partial charge in [-0.25, -0.2) is 19.2 Å². The van der Waals surface area contributed by atoms with Gasteiger partial charge in [-0.3, -0.25) is 0 Å². The predicted octanol–water partition coefficient (Wildman–Crippen LogP) is 15.5. The van der Waals surface area contributed by atoms with E-state index < -0.39 is 11.9 Å². The molecule has 0 spiro atoms. The van der Waals surface area contributed by atoms with Crippen molar-refractivity contribution in [2.45, 2.75) is 143 Å². The Hall–Kier alpha value is -7.20. The van der Waals surface area contributed by atoms with Crippen LogP contribution in [-0.4, -0.2) is 48.3 Å². The molecule has 10 nitrogen and oxygen atoms in total. The molecule has 6 rings (SSSR count). The van der Waals surface area contributed by atoms with Crippen LogP contribution in [0.2, 0.25) is 0 Å². The smallest absolute Gasteiger partial charge is 0.343 e. The van der Waals surface area contributed by atoms with E-state index in [1.54, 1.807) is 97.1 Å². The molecular formula is C62H70O10. The summed E-state index contributed by atoms with van der Waals surface area (Å²) in [5, 5.41) is 0. The summed E-state index contributed by atoms with van der Waals surface area (Å²) in [6.45, 7) is 12.2. The first-order valence-corrected chi connectivity index (χ1v) is 25.7. The first kappa shape index (κ1) is 54.1. The van der Waals surface area contributed by atoms with Crippen molar-refractivity contribution in [1.29, 1.82) is 0 Å². The first-order chi connectivity index (χ1) is 34.9. The van der Waals surface area contributed by atoms with Gasteiger partial charge in [-0.15, -0.1) is 0 Å². The molecular weight excluding hydrogens is 905 g/mol. The van der Waals surface area contributed by atoms with Crippen LogP contribution in [0, 0.1) is 0 Å². The zero-order valence-electron chi connectivity index (χ0n) is 42.7. The van der Waals surface area contributed by atoms with E-state index in [1.807, 2.05) is 76.2 Å². The van der Waals surface area contributed by atoms with Crippen LogP contribution in [0.5, 0.6) is 23.0 Å². The predicted molar refractivity (Wildman–Crippen MR) is 283 cm³/mol. The molecule has 0 heterocycles. The average molecular weight is 975 g/mol. The molecule has 0 bridgehead atoms. The van der Waals surface area contributed by atoms with Gasteiger partial charge in [-0.1, -0.05) is 101 Å². The highest BCUT2D eigenvalue weighted by Gasteiger charge is 2.17. The fourth-order valence-corrected chi connectivity index (χ4v) is 8.09. The van der Waals surface area contributed by atoms with Crippen molar-refractivity contribution in [3.63, 3.8) is 0 Å². The molecule has 10 heteroatoms. The molecule has 4 atom stereocenters. The Balaban J connectivity index is 0.876. The van der Waals surface area contributed by atoms with Gasteiger partial charge in [0, 0.05) is 0 Å². The molecule has 0 saturated heterocycles. The molecule has 0 fully saturated rings. The lowest BCUT2D eigenvalue weighted by molar-refractivity contribution is 0.0309. The van der Waals surface area contributed by atoms with Crippen molar-refractivity contribution in [2.24, 2.45) is 0 Å². The fourth-order valence-electron chi connectivity index (χ4n) is 8.09. The number of ether oxygens (including phenoxy) is 6. The molecule has 378 valence electrons. The van der Waals surface area contributed by atoms with E-state index in [-0.39, 0.29) is 36.4 Å². The third-order valence-corrected chi connectivity index (χ3v) is 12.4. The summed E-state index contributed by atoms with van der Waals surface area (Å²) in [7, 11) is 0. The van der Waals surface area contributed by atoms with E-state index in [9.17, 15) is 19.2 Å². The topological polar surface area (TPSA) is 124 Å². The number of unbranched alkanes of at least 4 members (excludes halogenated alkanes) is 6. The molecule has 0 aliphatic rings. The van der Waals surface area contributed by atoms with Crippen LogP contribution in [0.1, 0.15) is 160 Å². The maximum absolute atomic E-state index is 13.0. The number of carbonyl (C=O) groups excluding carboxylic acids is 4. The van der Waals surface area contributed by atoms with Gasteiger partial charge in [0.1, 0.15) is 23.0 Å². The molecule has 72 heavy (non-hydrogen) atoms. The van der Waals surface area contributed by atoms with E-state index in [4.69, 9.17) is 28.4 Å². The fraction of sp³-hybridized carbons (Fsp3) is 0.355. The summed E-state index contributed by atoms with van der Waals surface area (Å²) in [6, 6.07) is 42.8. The summed E-state index contributed by atoms with van der Waals surface area (Å²) in [5.41, 5.74) is 5.51. The van der Waals surface area contributed by atoms with Crippen LogP contribution in [0.3, 0.4) is 0 Å². The quantitative estimate of drug-likeness (QED) is 0.0280. The maximum atomic E-state index is 13.0. The van der Waals surface area contributed by atoms with Crippen molar-refractivity contribution < 1.29 is 47.6 Å². The third kappa shape index (κ3) is 17.3. The van der Waals surface area contributed by atoms with E-state index in [1.165, 1.54) is 25.7 Å². The monoisotopic (exact) mass is 974 g/mol. The van der Waals surface area contributed by atoms with Crippen LogP contribution in [0.4, 0.5) is 0 Å². The Morgan fingerprint density at radius 1 is 0.319 bits per heavy atom. The van der Waals surface area contributed by atoms with E-state index in [2.05, 4.69) is 13.8 Å². The lowest BCUT2D eigenvalue weighted by atomic mass is 10.0. The summed E-state index contributed by atoms with van der Waals surface area (Å²) >= 11 is 0. The number of rotatable bonds is 27. The molecule has 0 aliphatic heterocycles. The number of hydrogen-bond donors (Lipinski definition) is 0. The van der Waals surface area contributed by atoms with Crippen LogP contribution < -0.4 is 18.9 Å². The Morgan fingerprint density at radius 2 is 0.597 bits per heavy atom. The normalized spacial score (nSPS) is 12.7. The highest BCUT2D eigenvalue weighted by Crippen LogP contribution is 2.27. The molecule has 6 aromatic carbocycles. The van der Waals surface area contributed by atoms with Crippen molar-refractivity contribution in [2.75, 3.05) is 0 Å². The molecule has 0 aliphatic carbocycles. The molecule has 6 aromatic rings. The van der Waals surface area contributed by atoms with Crippen LogP contribution >= 0.6 is 0 Å². The molecule has 0 radical (unpaired) electrons. The third-order valence-electron chi connectivity index (χ3n) is 12.4. The minimum Gasteiger partial charge on any atom is -0.491 e. The summed E-state index contributed by atoms with van der Waals surface area (Å²) in [5.74, 6) is 0.501. The van der Waals surface area contributed by atoms with E-state index in [0.29, 0.717) is 45.3 Å². The van der Waals surface area contributed by atoms with E-state index in [0.717, 1.165) is 73.6 Å². The highest BCUT2D eigenvalue weighted by molar-refractivity contribution is 5.93. The van der Waals surface area contributed by atoms with Crippen molar-refractivity contribution >= 4 is 23.9 Å². The van der Waals surface area contributed by atoms with Gasteiger partial charge in [-0.2, -0.15) is 0 Å². The minimum absolute atomic E-state index is 0.118. The summed E-state index contributed by atoms with van der Waals surface area (Å²) in [4.78, 5) is 51.3. The summed E-state index contributed by atoms with van der Waals surface area (Å²) in [6.07, 6.45) is 11.8. The van der Waals surface area contributed by atoms with Crippen molar-refractivity contribution in [1.82, 2.24) is 0 Å². The van der Waals surface area contributed by atoms with Gasteiger partial charge in [0.25, 0.3) is 0 Å². The minimum atomic E-state index is -0.481. The van der Waals surface area contributed by atoms with Gasteiger partial charge < -0.3 is 28.4 Å². The van der Waals surface area contributed by atoms with Gasteiger partial charge in [-0.05, 0) is 186 Å². The van der Waals surface area contributed by atoms with Crippen molar-refractivity contribution in [3.8, 4) is 45.3 Å². The molecule has 0 saturated carbocycles. The Kier molecular flexibility index (Phi) is 21.1. The number of benzene rings is 6. The number of hydrogen-bond acceptors (Lipinski definition) is 10. The Labute approximate surface area is 426 Å². The second-order valence-corrected chi connectivity index (χ2v) is 18.6. The van der Waals surface area contributed by atoms with Crippen LogP contribution in [-0.2, 0) is 9.47 Å². The summed E-state index contributed by atoms with van der Waals surface area (Å²) < 4.78 is 34.8. The lowest BCUT2D eigenvalue weighted by Gasteiger charge is -2.19. The Morgan fingerprint density at radius 3 is 0.917 bits per heavy atom. The largest absolute Gasteiger partial charge is 0.491 e. The second kappa shape index (κ2) is 28.0. The average Bonchev–Trinajstić information content (AvgIpc) is 3.39. The molecule has 0 aromatic heterocycles. The SMILES string of the molecule is CCCCCCC(C)OC(=O)c1ccc(-c2ccc(OC(=O)c3ccc(OC(C)CCC(C)Oc4ccc(C(=O)Oc5ccc(-c6ccc(C(=O)OC(C)CCCCCC)cc6)cc5)cc4)cc3)cc2)cc1. The molecule has 0 amide bonds. The van der Waals surface area contributed by atoms with E-state index >= 15 is 0 Å². The number of carbonyl (C=O) groups is 4. The molecule has 0 N–H and O–H groups in total. The van der Waals surface area contributed by atoms with Gasteiger partial charge >= 0.3 is 23.9 Å². The zero-order valence-corrected chi connectivity index (χ0v) is 42.7. The molecule has 4 unspecified atom stereocenters. The zero-order chi connectivity index (χ0) is 51.2. The van der Waals surface area contributed by atoms with Gasteiger partial charge in [0.05, 0.1) is 46.7 Å². The van der Waals surface area contributed by atoms with Crippen LogP contribution in [0.25, 0.3) is 22.3 Å². The Bertz CT molecular complexity index is 2420. The lowest BCUT2D eigenvalue weighted by Crippen LogP contribution is -2.18. The number of esters is 4. The second-order valence-electron chi connectivity index (χ2n) is 18.6. The highest BCUT2D eigenvalue weighted by atomic mass is 16.6. The standard InChI is InChI=1S/C62H70O10/c1-7-9-11-13-15-43(3)69-59(63)51-23-19-47(20-24-51)49-27-35-57(36-28-49)71-61(65)53-31-39-55(40-32-53)67-45(5)17-18-46(6)68-56-41-33-54(34-42-56)62(66)72-58-37-29-50(30-38-58)48-21-25-52(26-22-48)60(64)70-44(4)16-14-12-10-8-2/h19-46H,7-18H2,1-6H3. The maximum Gasteiger partial charge on any atom is 0.343 e. The first-order valence-electron chi connectivity index (χ1n) is 25.7. The van der Waals surface area contributed by atoms with Crippen LogP contribution in [0.15, 0.2) is 146 Å². The van der Waals surface area contributed by atoms with Crippen molar-refractivity contribution in [3.05, 3.63) is 168 Å². The van der Waals surface area contributed by atoms with Gasteiger partial charge in [0.2, 0.25) is 0 Å². The van der Waals surface area contributed by atoms with Gasteiger partial charge in [0.15, 0.2) is 0 Å².